The molecule has 0 aliphatic heterocycles. The molecule has 29 heavy (non-hydrogen) atoms. The third-order valence-electron chi connectivity index (χ3n) is 4.01. The van der Waals surface area contributed by atoms with Crippen molar-refractivity contribution in [3.8, 4) is 5.75 Å². The third-order valence-corrected chi connectivity index (χ3v) is 5.81. The van der Waals surface area contributed by atoms with Crippen LogP contribution in [0.5, 0.6) is 5.75 Å². The van der Waals surface area contributed by atoms with Crippen molar-refractivity contribution in [3.63, 3.8) is 0 Å². The van der Waals surface area contributed by atoms with E-state index in [2.05, 4.69) is 10.6 Å². The first-order chi connectivity index (χ1) is 13.6. The van der Waals surface area contributed by atoms with Crippen molar-refractivity contribution < 1.29 is 22.7 Å². The predicted molar refractivity (Wildman–Crippen MR) is 112 cm³/mol. The van der Waals surface area contributed by atoms with E-state index < -0.39 is 15.9 Å². The van der Waals surface area contributed by atoms with E-state index in [1.165, 1.54) is 26.1 Å². The van der Waals surface area contributed by atoms with Gasteiger partial charge in [-0.1, -0.05) is 0 Å². The van der Waals surface area contributed by atoms with E-state index >= 15 is 0 Å². The summed E-state index contributed by atoms with van der Waals surface area (Å²) in [4.78, 5) is 23.4. The van der Waals surface area contributed by atoms with E-state index in [9.17, 15) is 18.0 Å². The lowest BCUT2D eigenvalue weighted by atomic mass is 10.2. The molecule has 0 fully saturated rings. The fourth-order valence-electron chi connectivity index (χ4n) is 2.61. The highest BCUT2D eigenvalue weighted by molar-refractivity contribution is 7.89. The molecule has 0 aliphatic rings. The maximum atomic E-state index is 12.8. The topological polar surface area (TPSA) is 105 Å². The summed E-state index contributed by atoms with van der Waals surface area (Å²) in [5.41, 5.74) is 1.79. The molecule has 2 amide bonds. The minimum Gasteiger partial charge on any atom is -0.494 e. The molecule has 9 heteroatoms. The van der Waals surface area contributed by atoms with Crippen molar-refractivity contribution in [1.29, 1.82) is 0 Å². The van der Waals surface area contributed by atoms with Crippen LogP contribution in [0, 0.1) is 6.92 Å². The SMILES string of the molecule is CCOc1ccc(S(=O)(=O)N(C)CC(=O)Nc2ccc(NC(C)=O)cc2)cc1C. The van der Waals surface area contributed by atoms with Gasteiger partial charge in [0.15, 0.2) is 0 Å². The number of benzene rings is 2. The lowest BCUT2D eigenvalue weighted by Crippen LogP contribution is -2.35. The Labute approximate surface area is 170 Å². The highest BCUT2D eigenvalue weighted by Crippen LogP contribution is 2.23. The molecule has 156 valence electrons. The summed E-state index contributed by atoms with van der Waals surface area (Å²) in [5.74, 6) is -0.0568. The zero-order valence-corrected chi connectivity index (χ0v) is 17.7. The van der Waals surface area contributed by atoms with Gasteiger partial charge in [-0.25, -0.2) is 8.42 Å². The molecule has 0 unspecified atom stereocenters. The summed E-state index contributed by atoms with van der Waals surface area (Å²) in [5, 5.41) is 5.26. The summed E-state index contributed by atoms with van der Waals surface area (Å²) in [6.07, 6.45) is 0. The van der Waals surface area contributed by atoms with E-state index in [1.54, 1.807) is 37.3 Å². The molecule has 0 saturated heterocycles. The van der Waals surface area contributed by atoms with Gasteiger partial charge in [0.2, 0.25) is 21.8 Å². The first kappa shape index (κ1) is 22.4. The second-order valence-electron chi connectivity index (χ2n) is 6.43. The average Bonchev–Trinajstić information content (AvgIpc) is 2.64. The Morgan fingerprint density at radius 3 is 2.14 bits per heavy atom. The van der Waals surface area contributed by atoms with Gasteiger partial charge in [0.1, 0.15) is 5.75 Å². The summed E-state index contributed by atoms with van der Waals surface area (Å²) >= 11 is 0. The lowest BCUT2D eigenvalue weighted by molar-refractivity contribution is -0.116. The van der Waals surface area contributed by atoms with Gasteiger partial charge in [0.25, 0.3) is 0 Å². The standard InChI is InChI=1S/C20H25N3O5S/c1-5-28-19-11-10-18(12-14(19)2)29(26,27)23(4)13-20(25)22-17-8-6-16(7-9-17)21-15(3)24/h6-12H,5,13H2,1-4H3,(H,21,24)(H,22,25). The zero-order chi connectivity index (χ0) is 21.6. The number of hydrogen-bond acceptors (Lipinski definition) is 5. The predicted octanol–water partition coefficient (Wildman–Crippen LogP) is 2.61. The zero-order valence-electron chi connectivity index (χ0n) is 16.9. The first-order valence-corrected chi connectivity index (χ1v) is 10.4. The Morgan fingerprint density at radius 2 is 1.62 bits per heavy atom. The molecule has 0 radical (unpaired) electrons. The second-order valence-corrected chi connectivity index (χ2v) is 8.47. The molecule has 0 aliphatic carbocycles. The van der Waals surface area contributed by atoms with Crippen LogP contribution in [0.3, 0.4) is 0 Å². The number of anilines is 2. The number of rotatable bonds is 8. The second kappa shape index (κ2) is 9.53. The summed E-state index contributed by atoms with van der Waals surface area (Å²) in [7, 11) is -2.48. The minimum absolute atomic E-state index is 0.0911. The highest BCUT2D eigenvalue weighted by Gasteiger charge is 2.23. The molecule has 2 N–H and O–H groups in total. The average molecular weight is 420 g/mol. The van der Waals surface area contributed by atoms with E-state index in [0.717, 1.165) is 4.31 Å². The Kier molecular flexibility index (Phi) is 7.35. The van der Waals surface area contributed by atoms with Crippen molar-refractivity contribution in [3.05, 3.63) is 48.0 Å². The summed E-state index contributed by atoms with van der Waals surface area (Å²) in [6, 6.07) is 11.1. The van der Waals surface area contributed by atoms with Crippen LogP contribution in [-0.2, 0) is 19.6 Å². The molecular formula is C20H25N3O5S. The quantitative estimate of drug-likeness (QED) is 0.684. The molecule has 0 heterocycles. The van der Waals surface area contributed by atoms with E-state index in [4.69, 9.17) is 4.74 Å². The van der Waals surface area contributed by atoms with Gasteiger partial charge in [-0.05, 0) is 61.9 Å². The monoisotopic (exact) mass is 419 g/mol. The Morgan fingerprint density at radius 1 is 1.03 bits per heavy atom. The number of likely N-dealkylation sites (N-methyl/N-ethyl adjacent to an activating group) is 1. The van der Waals surface area contributed by atoms with Crippen molar-refractivity contribution >= 4 is 33.2 Å². The van der Waals surface area contributed by atoms with Gasteiger partial charge in [0.05, 0.1) is 18.0 Å². The van der Waals surface area contributed by atoms with Crippen molar-refractivity contribution in [2.45, 2.75) is 25.7 Å². The number of nitrogens with zero attached hydrogens (tertiary/aromatic N) is 1. The van der Waals surface area contributed by atoms with Crippen LogP contribution >= 0.6 is 0 Å². The van der Waals surface area contributed by atoms with Crippen LogP contribution in [-0.4, -0.2) is 44.7 Å². The number of ether oxygens (including phenoxy) is 1. The molecule has 2 rings (SSSR count). The number of aryl methyl sites for hydroxylation is 1. The number of carbonyl (C=O) groups is 2. The smallest absolute Gasteiger partial charge is 0.243 e. The highest BCUT2D eigenvalue weighted by atomic mass is 32.2. The normalized spacial score (nSPS) is 11.2. The Balaban J connectivity index is 2.04. The van der Waals surface area contributed by atoms with Crippen LogP contribution in [0.15, 0.2) is 47.4 Å². The maximum Gasteiger partial charge on any atom is 0.243 e. The number of carbonyl (C=O) groups excluding carboxylic acids is 2. The van der Waals surface area contributed by atoms with Gasteiger partial charge in [-0.2, -0.15) is 4.31 Å². The number of nitrogens with one attached hydrogen (secondary N) is 2. The van der Waals surface area contributed by atoms with Crippen molar-refractivity contribution in [2.24, 2.45) is 0 Å². The summed E-state index contributed by atoms with van der Waals surface area (Å²) < 4.78 is 31.9. The van der Waals surface area contributed by atoms with Crippen LogP contribution in [0.2, 0.25) is 0 Å². The van der Waals surface area contributed by atoms with E-state index in [1.807, 2.05) is 6.92 Å². The van der Waals surface area contributed by atoms with Gasteiger partial charge in [-0.15, -0.1) is 0 Å². The molecule has 2 aromatic carbocycles. The molecule has 0 atom stereocenters. The van der Waals surface area contributed by atoms with Crippen molar-refractivity contribution in [1.82, 2.24) is 4.31 Å². The fraction of sp³-hybridized carbons (Fsp3) is 0.300. The van der Waals surface area contributed by atoms with Crippen molar-refractivity contribution in [2.75, 3.05) is 30.8 Å². The van der Waals surface area contributed by atoms with Crippen LogP contribution in [0.4, 0.5) is 11.4 Å². The third kappa shape index (κ3) is 6.03. The van der Waals surface area contributed by atoms with Crippen LogP contribution in [0.1, 0.15) is 19.4 Å². The number of amides is 2. The van der Waals surface area contributed by atoms with E-state index in [-0.39, 0.29) is 17.3 Å². The number of sulfonamides is 1. The number of hydrogen-bond donors (Lipinski definition) is 2. The Bertz CT molecular complexity index is 988. The molecule has 0 aromatic heterocycles. The van der Waals surface area contributed by atoms with Gasteiger partial charge in [0, 0.05) is 25.3 Å². The van der Waals surface area contributed by atoms with E-state index in [0.29, 0.717) is 29.3 Å². The Hall–Kier alpha value is -2.91. The molecule has 8 nitrogen and oxygen atoms in total. The molecule has 0 spiro atoms. The minimum atomic E-state index is -3.83. The first-order valence-electron chi connectivity index (χ1n) is 9.00. The van der Waals surface area contributed by atoms with Gasteiger partial charge in [-0.3, -0.25) is 9.59 Å². The fourth-order valence-corrected chi connectivity index (χ4v) is 3.82. The van der Waals surface area contributed by atoms with Gasteiger partial charge < -0.3 is 15.4 Å². The molecule has 2 aromatic rings. The van der Waals surface area contributed by atoms with Crippen LogP contribution < -0.4 is 15.4 Å². The molecular weight excluding hydrogens is 394 g/mol. The maximum absolute atomic E-state index is 12.8. The van der Waals surface area contributed by atoms with Gasteiger partial charge >= 0.3 is 0 Å². The summed E-state index contributed by atoms with van der Waals surface area (Å²) in [6.45, 7) is 5.16. The lowest BCUT2D eigenvalue weighted by Gasteiger charge is -2.18. The molecule has 0 saturated carbocycles. The largest absolute Gasteiger partial charge is 0.494 e. The molecule has 0 bridgehead atoms. The van der Waals surface area contributed by atoms with Crippen LogP contribution in [0.25, 0.3) is 0 Å².